The van der Waals surface area contributed by atoms with Crippen LogP contribution < -0.4 is 4.74 Å². The van der Waals surface area contributed by atoms with Crippen molar-refractivity contribution in [1.29, 1.82) is 0 Å². The average Bonchev–Trinajstić information content (AvgIpc) is 2.59. The molecule has 1 heterocycles. The predicted octanol–water partition coefficient (Wildman–Crippen LogP) is 3.21. The zero-order valence-corrected chi connectivity index (χ0v) is 11.2. The zero-order chi connectivity index (χ0) is 12.4. The van der Waals surface area contributed by atoms with E-state index in [1.165, 1.54) is 6.07 Å². The highest BCUT2D eigenvalue weighted by Gasteiger charge is 2.05. The summed E-state index contributed by atoms with van der Waals surface area (Å²) in [6.45, 7) is 2.29. The third-order valence-corrected chi connectivity index (χ3v) is 3.02. The van der Waals surface area contributed by atoms with Gasteiger partial charge in [0.05, 0.1) is 15.9 Å². The van der Waals surface area contributed by atoms with E-state index in [-0.39, 0.29) is 5.82 Å². The normalized spacial score (nSPS) is 10.6. The van der Waals surface area contributed by atoms with Crippen LogP contribution in [0.5, 0.6) is 5.75 Å². The highest BCUT2D eigenvalue weighted by atomic mass is 79.9. The Kier molecular flexibility index (Phi) is 3.47. The summed E-state index contributed by atoms with van der Waals surface area (Å²) in [5.74, 6) is 0.174. The molecule has 17 heavy (non-hydrogen) atoms. The van der Waals surface area contributed by atoms with Crippen LogP contribution in [0.4, 0.5) is 4.39 Å². The topological polar surface area (TPSA) is 27.1 Å². The van der Waals surface area contributed by atoms with Crippen molar-refractivity contribution in [2.24, 2.45) is 7.05 Å². The van der Waals surface area contributed by atoms with Gasteiger partial charge in [0.25, 0.3) is 0 Å². The fourth-order valence-electron chi connectivity index (χ4n) is 1.52. The van der Waals surface area contributed by atoms with Crippen LogP contribution in [0.1, 0.15) is 11.4 Å². The lowest BCUT2D eigenvalue weighted by molar-refractivity contribution is 0.293. The molecule has 2 aromatic rings. The summed E-state index contributed by atoms with van der Waals surface area (Å²) in [4.78, 5) is 0. The van der Waals surface area contributed by atoms with E-state index in [1.807, 2.05) is 20.0 Å². The maximum Gasteiger partial charge on any atom is 0.141 e. The lowest BCUT2D eigenvalue weighted by Crippen LogP contribution is -2.03. The molecule has 0 bridgehead atoms. The third-order valence-electron chi connectivity index (χ3n) is 2.38. The van der Waals surface area contributed by atoms with Gasteiger partial charge >= 0.3 is 0 Å². The summed E-state index contributed by atoms with van der Waals surface area (Å²) in [6.07, 6.45) is 0. The second kappa shape index (κ2) is 4.87. The zero-order valence-electron chi connectivity index (χ0n) is 9.58. The number of aryl methyl sites for hydroxylation is 2. The molecule has 0 radical (unpaired) electrons. The third kappa shape index (κ3) is 2.85. The Hall–Kier alpha value is -1.36. The van der Waals surface area contributed by atoms with Crippen molar-refractivity contribution in [1.82, 2.24) is 9.78 Å². The molecular formula is C12H12BrFN2O. The van der Waals surface area contributed by atoms with Crippen molar-refractivity contribution in [2.75, 3.05) is 0 Å². The van der Waals surface area contributed by atoms with E-state index in [0.29, 0.717) is 16.8 Å². The molecule has 0 aliphatic rings. The second-order valence-corrected chi connectivity index (χ2v) is 4.62. The van der Waals surface area contributed by atoms with Crippen LogP contribution in [-0.4, -0.2) is 9.78 Å². The molecule has 0 N–H and O–H groups in total. The minimum absolute atomic E-state index is 0.330. The molecule has 1 aromatic carbocycles. The SMILES string of the molecule is Cc1cc(COc2ccc(Br)c(F)c2)n(C)n1. The van der Waals surface area contributed by atoms with E-state index < -0.39 is 0 Å². The monoisotopic (exact) mass is 298 g/mol. The Balaban J connectivity index is 2.07. The first kappa shape index (κ1) is 12.1. The number of halogens is 2. The average molecular weight is 299 g/mol. The number of hydrogen-bond acceptors (Lipinski definition) is 2. The van der Waals surface area contributed by atoms with E-state index in [9.17, 15) is 4.39 Å². The molecule has 90 valence electrons. The van der Waals surface area contributed by atoms with E-state index in [4.69, 9.17) is 4.74 Å². The summed E-state index contributed by atoms with van der Waals surface area (Å²) in [6, 6.07) is 6.64. The van der Waals surface area contributed by atoms with Crippen molar-refractivity contribution in [2.45, 2.75) is 13.5 Å². The van der Waals surface area contributed by atoms with Crippen molar-refractivity contribution in [3.8, 4) is 5.75 Å². The van der Waals surface area contributed by atoms with Crippen LogP contribution in [0.25, 0.3) is 0 Å². The van der Waals surface area contributed by atoms with Crippen LogP contribution in [0.2, 0.25) is 0 Å². The van der Waals surface area contributed by atoms with Gasteiger partial charge in [-0.15, -0.1) is 0 Å². The van der Waals surface area contributed by atoms with E-state index in [1.54, 1.807) is 16.8 Å². The second-order valence-electron chi connectivity index (χ2n) is 3.77. The minimum atomic E-state index is -0.330. The van der Waals surface area contributed by atoms with Gasteiger partial charge in [-0.3, -0.25) is 4.68 Å². The number of ether oxygens (including phenoxy) is 1. The first-order valence-electron chi connectivity index (χ1n) is 5.13. The quantitative estimate of drug-likeness (QED) is 0.870. The van der Waals surface area contributed by atoms with Gasteiger partial charge in [0.2, 0.25) is 0 Å². The van der Waals surface area contributed by atoms with Crippen LogP contribution in [0, 0.1) is 12.7 Å². The molecule has 0 saturated carbocycles. The Morgan fingerprint density at radius 3 is 2.76 bits per heavy atom. The first-order chi connectivity index (χ1) is 8.06. The highest BCUT2D eigenvalue weighted by molar-refractivity contribution is 9.10. The van der Waals surface area contributed by atoms with Crippen molar-refractivity contribution in [3.63, 3.8) is 0 Å². The van der Waals surface area contributed by atoms with Crippen LogP contribution in [0.3, 0.4) is 0 Å². The van der Waals surface area contributed by atoms with Crippen LogP contribution in [-0.2, 0) is 13.7 Å². The molecule has 0 fully saturated rings. The predicted molar refractivity (Wildman–Crippen MR) is 66.4 cm³/mol. The van der Waals surface area contributed by atoms with E-state index >= 15 is 0 Å². The first-order valence-corrected chi connectivity index (χ1v) is 5.93. The largest absolute Gasteiger partial charge is 0.487 e. The molecular weight excluding hydrogens is 287 g/mol. The summed E-state index contributed by atoms with van der Waals surface area (Å²) in [7, 11) is 1.86. The molecule has 2 rings (SSSR count). The molecule has 0 aliphatic carbocycles. The van der Waals surface area contributed by atoms with Gasteiger partial charge in [0, 0.05) is 13.1 Å². The van der Waals surface area contributed by atoms with Gasteiger partial charge < -0.3 is 4.74 Å². The molecule has 0 spiro atoms. The lowest BCUT2D eigenvalue weighted by atomic mass is 10.3. The Labute approximate surface area is 107 Å². The van der Waals surface area contributed by atoms with Gasteiger partial charge in [-0.2, -0.15) is 5.10 Å². The molecule has 0 amide bonds. The number of rotatable bonds is 3. The molecule has 0 aliphatic heterocycles. The van der Waals surface area contributed by atoms with Crippen molar-refractivity contribution >= 4 is 15.9 Å². The summed E-state index contributed by atoms with van der Waals surface area (Å²) < 4.78 is 20.9. The Morgan fingerprint density at radius 1 is 1.41 bits per heavy atom. The maximum absolute atomic E-state index is 13.2. The van der Waals surface area contributed by atoms with Gasteiger partial charge in [-0.25, -0.2) is 4.39 Å². The summed E-state index contributed by atoms with van der Waals surface area (Å²) >= 11 is 3.10. The summed E-state index contributed by atoms with van der Waals surface area (Å²) in [5.41, 5.74) is 1.89. The van der Waals surface area contributed by atoms with Gasteiger partial charge in [0.1, 0.15) is 18.2 Å². The van der Waals surface area contributed by atoms with Gasteiger partial charge in [-0.1, -0.05) is 0 Å². The molecule has 0 atom stereocenters. The fourth-order valence-corrected chi connectivity index (χ4v) is 1.77. The number of hydrogen-bond donors (Lipinski definition) is 0. The maximum atomic E-state index is 13.2. The summed E-state index contributed by atoms with van der Waals surface area (Å²) in [5, 5.41) is 4.21. The molecule has 1 aromatic heterocycles. The smallest absolute Gasteiger partial charge is 0.141 e. The molecule has 0 saturated heterocycles. The van der Waals surface area contributed by atoms with Crippen LogP contribution in [0.15, 0.2) is 28.7 Å². The number of aromatic nitrogens is 2. The highest BCUT2D eigenvalue weighted by Crippen LogP contribution is 2.21. The van der Waals surface area contributed by atoms with Crippen molar-refractivity contribution < 1.29 is 9.13 Å². The van der Waals surface area contributed by atoms with Gasteiger partial charge in [0.15, 0.2) is 0 Å². The van der Waals surface area contributed by atoms with Gasteiger partial charge in [-0.05, 0) is 41.1 Å². The van der Waals surface area contributed by atoms with Crippen molar-refractivity contribution in [3.05, 3.63) is 45.9 Å². The molecule has 3 nitrogen and oxygen atoms in total. The van der Waals surface area contributed by atoms with E-state index in [0.717, 1.165) is 11.4 Å². The molecule has 5 heteroatoms. The number of nitrogens with zero attached hydrogens (tertiary/aromatic N) is 2. The standard InChI is InChI=1S/C12H12BrFN2O/c1-8-5-9(16(2)15-8)7-17-10-3-4-11(13)12(14)6-10/h3-6H,7H2,1-2H3. The Bertz CT molecular complexity index is 539. The van der Waals surface area contributed by atoms with E-state index in [2.05, 4.69) is 21.0 Å². The van der Waals surface area contributed by atoms with Crippen LogP contribution >= 0.6 is 15.9 Å². The fraction of sp³-hybridized carbons (Fsp3) is 0.250. The number of benzene rings is 1. The lowest BCUT2D eigenvalue weighted by Gasteiger charge is -2.06. The molecule has 0 unspecified atom stereocenters. The minimum Gasteiger partial charge on any atom is -0.487 e. The Morgan fingerprint density at radius 2 is 2.18 bits per heavy atom.